The summed E-state index contributed by atoms with van der Waals surface area (Å²) in [5, 5.41) is 0. The van der Waals surface area contributed by atoms with Crippen LogP contribution in [-0.4, -0.2) is 31.1 Å². The number of piperidine rings is 1. The van der Waals surface area contributed by atoms with Gasteiger partial charge in [0.2, 0.25) is 10.0 Å². The third-order valence-corrected chi connectivity index (χ3v) is 5.13. The van der Waals surface area contributed by atoms with E-state index in [0.29, 0.717) is 5.75 Å². The lowest BCUT2D eigenvalue weighted by atomic mass is 10.0. The summed E-state index contributed by atoms with van der Waals surface area (Å²) >= 11 is 0. The van der Waals surface area contributed by atoms with Crippen LogP contribution in [0.2, 0.25) is 0 Å². The Morgan fingerprint density at radius 1 is 1.20 bits per heavy atom. The second-order valence-electron chi connectivity index (χ2n) is 4.37. The highest BCUT2D eigenvalue weighted by molar-refractivity contribution is 7.89. The molecule has 1 aliphatic heterocycles. The molecule has 90 valence electrons. The summed E-state index contributed by atoms with van der Waals surface area (Å²) in [6, 6.07) is 0.278. The molecular formula is C11H23NO2S. The maximum absolute atomic E-state index is 12.0. The number of nitrogens with zero attached hydrogens (tertiary/aromatic N) is 1. The Bertz CT molecular complexity index is 272. The lowest BCUT2D eigenvalue weighted by molar-refractivity contribution is 0.239. The Morgan fingerprint density at radius 2 is 1.93 bits per heavy atom. The van der Waals surface area contributed by atoms with Crippen molar-refractivity contribution in [1.82, 2.24) is 4.31 Å². The zero-order valence-electron chi connectivity index (χ0n) is 9.91. The number of sulfonamides is 1. The van der Waals surface area contributed by atoms with Crippen molar-refractivity contribution in [2.45, 2.75) is 58.4 Å². The number of rotatable bonds is 5. The van der Waals surface area contributed by atoms with E-state index in [1.54, 1.807) is 4.31 Å². The highest BCUT2D eigenvalue weighted by atomic mass is 32.2. The van der Waals surface area contributed by atoms with Crippen molar-refractivity contribution in [2.75, 3.05) is 12.3 Å². The van der Waals surface area contributed by atoms with E-state index in [4.69, 9.17) is 0 Å². The van der Waals surface area contributed by atoms with Crippen molar-refractivity contribution in [3.05, 3.63) is 0 Å². The number of hydrogen-bond acceptors (Lipinski definition) is 2. The monoisotopic (exact) mass is 233 g/mol. The molecule has 0 radical (unpaired) electrons. The summed E-state index contributed by atoms with van der Waals surface area (Å²) in [4.78, 5) is 0. The topological polar surface area (TPSA) is 37.4 Å². The SMILES string of the molecule is CCCC1CCCCN1S(=O)(=O)CCC. The van der Waals surface area contributed by atoms with Crippen LogP contribution in [0.4, 0.5) is 0 Å². The van der Waals surface area contributed by atoms with E-state index in [0.717, 1.165) is 38.6 Å². The lowest BCUT2D eigenvalue weighted by Crippen LogP contribution is -2.44. The van der Waals surface area contributed by atoms with Gasteiger partial charge in [0.15, 0.2) is 0 Å². The predicted octanol–water partition coefficient (Wildman–Crippen LogP) is 2.38. The third-order valence-electron chi connectivity index (χ3n) is 3.01. The largest absolute Gasteiger partial charge is 0.214 e. The van der Waals surface area contributed by atoms with Crippen molar-refractivity contribution in [3.63, 3.8) is 0 Å². The Balaban J connectivity index is 2.70. The zero-order chi connectivity index (χ0) is 11.3. The molecule has 0 aromatic rings. The fraction of sp³-hybridized carbons (Fsp3) is 1.00. The van der Waals surface area contributed by atoms with Gasteiger partial charge < -0.3 is 0 Å². The zero-order valence-corrected chi connectivity index (χ0v) is 10.7. The highest BCUT2D eigenvalue weighted by Crippen LogP contribution is 2.24. The molecule has 1 fully saturated rings. The van der Waals surface area contributed by atoms with Crippen LogP contribution in [0.3, 0.4) is 0 Å². The van der Waals surface area contributed by atoms with Gasteiger partial charge in [0.05, 0.1) is 5.75 Å². The molecule has 0 N–H and O–H groups in total. The van der Waals surface area contributed by atoms with Crippen LogP contribution in [0.15, 0.2) is 0 Å². The third kappa shape index (κ3) is 3.45. The summed E-state index contributed by atoms with van der Waals surface area (Å²) in [6.07, 6.45) is 6.08. The van der Waals surface area contributed by atoms with Gasteiger partial charge in [0.1, 0.15) is 0 Å². The molecule has 1 saturated heterocycles. The van der Waals surface area contributed by atoms with E-state index >= 15 is 0 Å². The van der Waals surface area contributed by atoms with Gasteiger partial charge in [-0.2, -0.15) is 4.31 Å². The molecule has 0 amide bonds. The molecule has 0 bridgehead atoms. The van der Waals surface area contributed by atoms with Crippen LogP contribution < -0.4 is 0 Å². The molecule has 1 heterocycles. The Labute approximate surface area is 93.9 Å². The Kier molecular flexibility index (Phi) is 5.06. The van der Waals surface area contributed by atoms with Gasteiger partial charge in [0.25, 0.3) is 0 Å². The van der Waals surface area contributed by atoms with Crippen LogP contribution >= 0.6 is 0 Å². The maximum Gasteiger partial charge on any atom is 0.214 e. The average Bonchev–Trinajstić information content (AvgIpc) is 2.19. The summed E-state index contributed by atoms with van der Waals surface area (Å²) in [6.45, 7) is 4.79. The van der Waals surface area contributed by atoms with Crippen LogP contribution in [0.1, 0.15) is 52.4 Å². The quantitative estimate of drug-likeness (QED) is 0.731. The molecule has 1 rings (SSSR count). The van der Waals surface area contributed by atoms with Crippen molar-refractivity contribution >= 4 is 10.0 Å². The van der Waals surface area contributed by atoms with E-state index in [1.165, 1.54) is 6.42 Å². The molecule has 15 heavy (non-hydrogen) atoms. The van der Waals surface area contributed by atoms with E-state index in [-0.39, 0.29) is 6.04 Å². The lowest BCUT2D eigenvalue weighted by Gasteiger charge is -2.34. The van der Waals surface area contributed by atoms with Gasteiger partial charge in [0, 0.05) is 12.6 Å². The normalized spacial score (nSPS) is 24.3. The van der Waals surface area contributed by atoms with E-state index in [2.05, 4.69) is 6.92 Å². The summed E-state index contributed by atoms with van der Waals surface area (Å²) in [7, 11) is -2.97. The molecule has 0 saturated carbocycles. The molecule has 0 aromatic heterocycles. The molecule has 4 heteroatoms. The summed E-state index contributed by atoms with van der Waals surface area (Å²) < 4.78 is 25.8. The minimum atomic E-state index is -2.97. The van der Waals surface area contributed by atoms with Gasteiger partial charge in [-0.15, -0.1) is 0 Å². The van der Waals surface area contributed by atoms with Crippen molar-refractivity contribution in [1.29, 1.82) is 0 Å². The first kappa shape index (κ1) is 13.0. The van der Waals surface area contributed by atoms with Crippen LogP contribution in [-0.2, 0) is 10.0 Å². The molecule has 1 aliphatic rings. The Morgan fingerprint density at radius 3 is 2.53 bits per heavy atom. The fourth-order valence-electron chi connectivity index (χ4n) is 2.34. The van der Waals surface area contributed by atoms with E-state index in [9.17, 15) is 8.42 Å². The molecule has 0 aromatic carbocycles. The first-order chi connectivity index (χ1) is 7.11. The maximum atomic E-state index is 12.0. The molecule has 1 atom stereocenters. The fourth-order valence-corrected chi connectivity index (χ4v) is 4.16. The second kappa shape index (κ2) is 5.85. The molecule has 1 unspecified atom stereocenters. The average molecular weight is 233 g/mol. The predicted molar refractivity (Wildman–Crippen MR) is 63.3 cm³/mol. The van der Waals surface area contributed by atoms with Gasteiger partial charge in [-0.1, -0.05) is 26.7 Å². The number of hydrogen-bond donors (Lipinski definition) is 0. The van der Waals surface area contributed by atoms with E-state index < -0.39 is 10.0 Å². The summed E-state index contributed by atoms with van der Waals surface area (Å²) in [5.74, 6) is 0.313. The standard InChI is InChI=1S/C11H23NO2S/c1-3-7-11-8-5-6-9-12(11)15(13,14)10-4-2/h11H,3-10H2,1-2H3. The van der Waals surface area contributed by atoms with Gasteiger partial charge >= 0.3 is 0 Å². The minimum Gasteiger partial charge on any atom is -0.212 e. The van der Waals surface area contributed by atoms with Gasteiger partial charge in [-0.25, -0.2) is 8.42 Å². The van der Waals surface area contributed by atoms with Crippen molar-refractivity contribution < 1.29 is 8.42 Å². The van der Waals surface area contributed by atoms with Crippen LogP contribution in [0.5, 0.6) is 0 Å². The first-order valence-electron chi connectivity index (χ1n) is 6.11. The second-order valence-corrected chi connectivity index (χ2v) is 6.41. The minimum absolute atomic E-state index is 0.278. The first-order valence-corrected chi connectivity index (χ1v) is 7.72. The summed E-state index contributed by atoms with van der Waals surface area (Å²) in [5.41, 5.74) is 0. The highest BCUT2D eigenvalue weighted by Gasteiger charge is 2.30. The molecular weight excluding hydrogens is 210 g/mol. The van der Waals surface area contributed by atoms with E-state index in [1.807, 2.05) is 6.92 Å². The molecule has 0 spiro atoms. The Hall–Kier alpha value is -0.0900. The van der Waals surface area contributed by atoms with Gasteiger partial charge in [-0.3, -0.25) is 0 Å². The van der Waals surface area contributed by atoms with Crippen LogP contribution in [0.25, 0.3) is 0 Å². The molecule has 0 aliphatic carbocycles. The molecule has 3 nitrogen and oxygen atoms in total. The van der Waals surface area contributed by atoms with Crippen LogP contribution in [0, 0.1) is 0 Å². The van der Waals surface area contributed by atoms with Gasteiger partial charge in [-0.05, 0) is 25.7 Å². The smallest absolute Gasteiger partial charge is 0.212 e. The van der Waals surface area contributed by atoms with Crippen molar-refractivity contribution in [3.8, 4) is 0 Å². The van der Waals surface area contributed by atoms with Crippen molar-refractivity contribution in [2.24, 2.45) is 0 Å².